The van der Waals surface area contributed by atoms with Crippen LogP contribution < -0.4 is 0 Å². The van der Waals surface area contributed by atoms with Gasteiger partial charge in [-0.1, -0.05) is 18.0 Å². The van der Waals surface area contributed by atoms with Crippen LogP contribution in [0, 0.1) is 12.8 Å². The Morgan fingerprint density at radius 3 is 2.48 bits per heavy atom. The lowest BCUT2D eigenvalue weighted by molar-refractivity contribution is -0.159. The highest BCUT2D eigenvalue weighted by Crippen LogP contribution is 2.30. The standard InChI is InChI=1S/C16H21ClN4O2/c1-11-13(15(17)19(2)18-11)7-8-14(22)20-9-4-10-21(20)16(23)12-5-3-6-12/h7-8,12H,3-6,9-10H2,1-2H3. The van der Waals surface area contributed by atoms with Crippen molar-refractivity contribution in [1.82, 2.24) is 19.8 Å². The minimum Gasteiger partial charge on any atom is -0.273 e. The van der Waals surface area contributed by atoms with Crippen LogP contribution in [-0.4, -0.2) is 44.7 Å². The Labute approximate surface area is 140 Å². The third-order valence-electron chi connectivity index (χ3n) is 4.58. The van der Waals surface area contributed by atoms with Crippen molar-refractivity contribution in [2.45, 2.75) is 32.6 Å². The molecule has 0 unspecified atom stereocenters. The van der Waals surface area contributed by atoms with Gasteiger partial charge in [-0.3, -0.25) is 19.3 Å². The molecule has 124 valence electrons. The largest absolute Gasteiger partial charge is 0.273 e. The maximum atomic E-state index is 12.5. The van der Waals surface area contributed by atoms with E-state index in [4.69, 9.17) is 11.6 Å². The molecule has 0 aromatic carbocycles. The van der Waals surface area contributed by atoms with Gasteiger partial charge in [0.25, 0.3) is 5.91 Å². The Morgan fingerprint density at radius 1 is 1.22 bits per heavy atom. The molecular weight excluding hydrogens is 316 g/mol. The number of carbonyl (C=O) groups excluding carboxylic acids is 2. The molecule has 7 heteroatoms. The van der Waals surface area contributed by atoms with Gasteiger partial charge in [0, 0.05) is 37.7 Å². The van der Waals surface area contributed by atoms with Crippen LogP contribution in [0.3, 0.4) is 0 Å². The van der Waals surface area contributed by atoms with Crippen LogP contribution in [0.4, 0.5) is 0 Å². The molecule has 6 nitrogen and oxygen atoms in total. The summed E-state index contributed by atoms with van der Waals surface area (Å²) in [6.07, 6.45) is 6.97. The fourth-order valence-corrected chi connectivity index (χ4v) is 3.25. The molecule has 1 saturated heterocycles. The Bertz CT molecular complexity index is 663. The van der Waals surface area contributed by atoms with Crippen molar-refractivity contribution in [3.8, 4) is 0 Å². The molecule has 1 aromatic rings. The van der Waals surface area contributed by atoms with Crippen molar-refractivity contribution in [1.29, 1.82) is 0 Å². The minimum absolute atomic E-state index is 0.0890. The van der Waals surface area contributed by atoms with Gasteiger partial charge in [0.1, 0.15) is 5.15 Å². The number of carbonyl (C=O) groups is 2. The van der Waals surface area contributed by atoms with Crippen molar-refractivity contribution in [3.05, 3.63) is 22.5 Å². The van der Waals surface area contributed by atoms with Gasteiger partial charge in [-0.25, -0.2) is 5.01 Å². The molecule has 2 heterocycles. The van der Waals surface area contributed by atoms with Crippen molar-refractivity contribution in [3.63, 3.8) is 0 Å². The molecule has 1 aliphatic heterocycles. The number of nitrogens with zero attached hydrogens (tertiary/aromatic N) is 4. The second-order valence-electron chi connectivity index (χ2n) is 6.15. The molecule has 0 bridgehead atoms. The smallest absolute Gasteiger partial charge is 0.265 e. The number of aryl methyl sites for hydroxylation is 2. The molecule has 1 aliphatic carbocycles. The topological polar surface area (TPSA) is 58.4 Å². The second-order valence-corrected chi connectivity index (χ2v) is 6.51. The number of aromatic nitrogens is 2. The van der Waals surface area contributed by atoms with E-state index in [1.807, 2.05) is 6.92 Å². The van der Waals surface area contributed by atoms with Gasteiger partial charge in [-0.15, -0.1) is 0 Å². The lowest BCUT2D eigenvalue weighted by Gasteiger charge is -2.33. The van der Waals surface area contributed by atoms with E-state index >= 15 is 0 Å². The maximum absolute atomic E-state index is 12.5. The van der Waals surface area contributed by atoms with E-state index in [0.29, 0.717) is 18.2 Å². The molecule has 23 heavy (non-hydrogen) atoms. The average molecular weight is 337 g/mol. The number of amides is 2. The van der Waals surface area contributed by atoms with Gasteiger partial charge in [-0.2, -0.15) is 5.10 Å². The summed E-state index contributed by atoms with van der Waals surface area (Å²) in [6, 6.07) is 0. The molecule has 0 spiro atoms. The SMILES string of the molecule is Cc1nn(C)c(Cl)c1C=CC(=O)N1CCCN1C(=O)C1CCC1. The van der Waals surface area contributed by atoms with Crippen LogP contribution in [0.5, 0.6) is 0 Å². The molecule has 2 amide bonds. The summed E-state index contributed by atoms with van der Waals surface area (Å²) in [5, 5.41) is 7.88. The average Bonchev–Trinajstić information content (AvgIpc) is 3.02. The predicted molar refractivity (Wildman–Crippen MR) is 87.4 cm³/mol. The van der Waals surface area contributed by atoms with E-state index in [9.17, 15) is 9.59 Å². The Hall–Kier alpha value is -1.82. The van der Waals surface area contributed by atoms with E-state index in [0.717, 1.165) is 36.9 Å². The van der Waals surface area contributed by atoms with Gasteiger partial charge in [0.2, 0.25) is 5.91 Å². The summed E-state index contributed by atoms with van der Waals surface area (Å²) in [5.74, 6) is 0.00276. The third kappa shape index (κ3) is 3.00. The molecule has 2 fully saturated rings. The van der Waals surface area contributed by atoms with Gasteiger partial charge in [0.15, 0.2) is 0 Å². The number of hydrazine groups is 1. The summed E-state index contributed by atoms with van der Waals surface area (Å²) in [5.41, 5.74) is 1.50. The quantitative estimate of drug-likeness (QED) is 0.795. The number of hydrogen-bond acceptors (Lipinski definition) is 3. The number of rotatable bonds is 3. The maximum Gasteiger partial charge on any atom is 0.265 e. The van der Waals surface area contributed by atoms with Crippen molar-refractivity contribution in [2.24, 2.45) is 13.0 Å². The summed E-state index contributed by atoms with van der Waals surface area (Å²) in [6.45, 7) is 3.06. The zero-order valence-corrected chi connectivity index (χ0v) is 14.2. The van der Waals surface area contributed by atoms with Crippen LogP contribution in [0.25, 0.3) is 6.08 Å². The molecular formula is C16H21ClN4O2. The fraction of sp³-hybridized carbons (Fsp3) is 0.562. The first kappa shape index (κ1) is 16.1. The lowest BCUT2D eigenvalue weighted by atomic mass is 9.84. The predicted octanol–water partition coefficient (Wildman–Crippen LogP) is 2.17. The zero-order valence-electron chi connectivity index (χ0n) is 13.5. The molecule has 0 N–H and O–H groups in total. The highest BCUT2D eigenvalue weighted by Gasteiger charge is 2.36. The Morgan fingerprint density at radius 2 is 1.91 bits per heavy atom. The van der Waals surface area contributed by atoms with Crippen LogP contribution in [0.15, 0.2) is 6.08 Å². The summed E-state index contributed by atoms with van der Waals surface area (Å²) in [7, 11) is 1.76. The van der Waals surface area contributed by atoms with E-state index in [1.165, 1.54) is 6.08 Å². The van der Waals surface area contributed by atoms with Crippen LogP contribution in [-0.2, 0) is 16.6 Å². The van der Waals surface area contributed by atoms with Crippen molar-refractivity contribution >= 4 is 29.5 Å². The van der Waals surface area contributed by atoms with Gasteiger partial charge in [0.05, 0.1) is 5.69 Å². The lowest BCUT2D eigenvalue weighted by Crippen LogP contribution is -2.47. The van der Waals surface area contributed by atoms with Crippen LogP contribution in [0.1, 0.15) is 36.9 Å². The van der Waals surface area contributed by atoms with E-state index in [-0.39, 0.29) is 17.7 Å². The first-order chi connectivity index (χ1) is 11.0. The molecule has 3 rings (SSSR count). The molecule has 0 atom stereocenters. The van der Waals surface area contributed by atoms with Gasteiger partial charge < -0.3 is 0 Å². The normalized spacial score (nSPS) is 18.7. The molecule has 1 saturated carbocycles. The van der Waals surface area contributed by atoms with E-state index in [2.05, 4.69) is 5.10 Å². The second kappa shape index (κ2) is 6.35. The van der Waals surface area contributed by atoms with Crippen LogP contribution >= 0.6 is 11.6 Å². The first-order valence-electron chi connectivity index (χ1n) is 7.99. The van der Waals surface area contributed by atoms with Crippen molar-refractivity contribution < 1.29 is 9.59 Å². The monoisotopic (exact) mass is 336 g/mol. The third-order valence-corrected chi connectivity index (χ3v) is 5.03. The Kier molecular flexibility index (Phi) is 4.43. The zero-order chi connectivity index (χ0) is 16.6. The van der Waals surface area contributed by atoms with Gasteiger partial charge >= 0.3 is 0 Å². The molecule has 1 aromatic heterocycles. The summed E-state index contributed by atoms with van der Waals surface area (Å²) < 4.78 is 1.57. The van der Waals surface area contributed by atoms with Crippen molar-refractivity contribution in [2.75, 3.05) is 13.1 Å². The van der Waals surface area contributed by atoms with E-state index < -0.39 is 0 Å². The highest BCUT2D eigenvalue weighted by molar-refractivity contribution is 6.31. The summed E-state index contributed by atoms with van der Waals surface area (Å²) >= 11 is 6.16. The minimum atomic E-state index is -0.186. The van der Waals surface area contributed by atoms with Gasteiger partial charge in [-0.05, 0) is 32.3 Å². The first-order valence-corrected chi connectivity index (χ1v) is 8.37. The Balaban J connectivity index is 1.71. The van der Waals surface area contributed by atoms with Crippen LogP contribution in [0.2, 0.25) is 5.15 Å². The number of hydrogen-bond donors (Lipinski definition) is 0. The number of halogens is 1. The summed E-state index contributed by atoms with van der Waals surface area (Å²) in [4.78, 5) is 24.9. The fourth-order valence-electron chi connectivity index (χ4n) is 3.01. The highest BCUT2D eigenvalue weighted by atomic mass is 35.5. The molecule has 0 radical (unpaired) electrons. The molecule has 2 aliphatic rings. The van der Waals surface area contributed by atoms with E-state index in [1.54, 1.807) is 27.8 Å².